The van der Waals surface area contributed by atoms with E-state index in [9.17, 15) is 0 Å². The molecule has 2 aromatic rings. The molecule has 0 amide bonds. The van der Waals surface area contributed by atoms with Crippen molar-refractivity contribution >= 4 is 0 Å². The normalized spacial score (nSPS) is 22.7. The van der Waals surface area contributed by atoms with E-state index in [1.165, 1.54) is 12.8 Å². The maximum absolute atomic E-state index is 5.92. The molecule has 0 bridgehead atoms. The molecule has 0 radical (unpaired) electrons. The van der Waals surface area contributed by atoms with Crippen molar-refractivity contribution in [2.75, 3.05) is 39.5 Å². The first-order valence-electron chi connectivity index (χ1n) is 9.85. The van der Waals surface area contributed by atoms with Crippen molar-refractivity contribution in [2.45, 2.75) is 31.5 Å². The van der Waals surface area contributed by atoms with Gasteiger partial charge in [-0.05, 0) is 31.0 Å². The van der Waals surface area contributed by atoms with Gasteiger partial charge in [0, 0.05) is 43.3 Å². The van der Waals surface area contributed by atoms with Gasteiger partial charge in [-0.2, -0.15) is 5.10 Å². The molecule has 27 heavy (non-hydrogen) atoms. The molecule has 1 atom stereocenters. The van der Waals surface area contributed by atoms with Crippen molar-refractivity contribution in [3.63, 3.8) is 0 Å². The summed E-state index contributed by atoms with van der Waals surface area (Å²) in [6, 6.07) is 6.84. The van der Waals surface area contributed by atoms with E-state index >= 15 is 0 Å². The van der Waals surface area contributed by atoms with Gasteiger partial charge in [0.15, 0.2) is 11.5 Å². The predicted molar refractivity (Wildman–Crippen MR) is 101 cm³/mol. The van der Waals surface area contributed by atoms with Gasteiger partial charge < -0.3 is 19.5 Å². The van der Waals surface area contributed by atoms with Gasteiger partial charge in [-0.15, -0.1) is 0 Å². The highest BCUT2D eigenvalue weighted by Crippen LogP contribution is 2.34. The molecule has 5 rings (SSSR count). The van der Waals surface area contributed by atoms with Crippen LogP contribution in [0.15, 0.2) is 24.4 Å². The number of H-pyrrole nitrogens is 1. The van der Waals surface area contributed by atoms with Crippen LogP contribution >= 0.6 is 0 Å². The number of rotatable bonds is 6. The molecule has 1 aromatic heterocycles. The molecule has 0 spiro atoms. The summed E-state index contributed by atoms with van der Waals surface area (Å²) in [7, 11) is 0. The third-order valence-electron chi connectivity index (χ3n) is 5.47. The fourth-order valence-electron chi connectivity index (χ4n) is 3.90. The van der Waals surface area contributed by atoms with Crippen molar-refractivity contribution in [1.82, 2.24) is 20.4 Å². The lowest BCUT2D eigenvalue weighted by Gasteiger charge is -2.33. The number of morpholine rings is 1. The van der Waals surface area contributed by atoms with Crippen LogP contribution in [-0.2, 0) is 11.3 Å². The lowest BCUT2D eigenvalue weighted by Crippen LogP contribution is -2.47. The van der Waals surface area contributed by atoms with E-state index in [0.717, 1.165) is 67.1 Å². The van der Waals surface area contributed by atoms with E-state index in [4.69, 9.17) is 14.2 Å². The average Bonchev–Trinajstić information content (AvgIpc) is 3.47. The first-order valence-corrected chi connectivity index (χ1v) is 9.85. The Hall–Kier alpha value is -2.09. The minimum absolute atomic E-state index is 0.268. The monoisotopic (exact) mass is 370 g/mol. The Balaban J connectivity index is 1.20. The zero-order chi connectivity index (χ0) is 18.1. The van der Waals surface area contributed by atoms with Crippen molar-refractivity contribution < 1.29 is 14.2 Å². The zero-order valence-electron chi connectivity index (χ0n) is 15.4. The Morgan fingerprint density at radius 2 is 2.04 bits per heavy atom. The first-order chi connectivity index (χ1) is 13.4. The summed E-state index contributed by atoms with van der Waals surface area (Å²) in [6.45, 7) is 5.77. The Bertz CT molecular complexity index is 789. The highest BCUT2D eigenvalue weighted by molar-refractivity contribution is 5.66. The topological polar surface area (TPSA) is 71.6 Å². The summed E-state index contributed by atoms with van der Waals surface area (Å²) in [5, 5.41) is 10.9. The summed E-state index contributed by atoms with van der Waals surface area (Å²) in [5.41, 5.74) is 3.22. The third-order valence-corrected chi connectivity index (χ3v) is 5.47. The van der Waals surface area contributed by atoms with Gasteiger partial charge in [0.25, 0.3) is 0 Å². The van der Waals surface area contributed by atoms with Crippen LogP contribution in [0, 0.1) is 0 Å². The quantitative estimate of drug-likeness (QED) is 0.808. The van der Waals surface area contributed by atoms with Crippen LogP contribution < -0.4 is 14.8 Å². The molecule has 144 valence electrons. The second kappa shape index (κ2) is 7.50. The molecule has 1 aliphatic carbocycles. The molecule has 7 nitrogen and oxygen atoms in total. The van der Waals surface area contributed by atoms with Crippen molar-refractivity contribution in [2.24, 2.45) is 0 Å². The number of benzene rings is 1. The molecule has 2 N–H and O–H groups in total. The molecule has 1 aromatic carbocycles. The molecule has 0 unspecified atom stereocenters. The zero-order valence-corrected chi connectivity index (χ0v) is 15.4. The highest BCUT2D eigenvalue weighted by atomic mass is 16.6. The van der Waals surface area contributed by atoms with Crippen LogP contribution in [0.2, 0.25) is 0 Å². The number of aromatic nitrogens is 2. The van der Waals surface area contributed by atoms with Gasteiger partial charge in [-0.25, -0.2) is 0 Å². The number of aromatic amines is 1. The van der Waals surface area contributed by atoms with E-state index < -0.39 is 0 Å². The van der Waals surface area contributed by atoms with Gasteiger partial charge in [0.05, 0.1) is 24.6 Å². The average molecular weight is 370 g/mol. The standard InChI is InChI=1S/C20H26N4O3/c1-4-18-19(27-8-7-26-18)9-14(1)20-15(11-22-23-20)10-21-12-17-13-24(5-6-25-17)16-2-3-16/h1,4,9,11,16-17,21H,2-3,5-8,10,12-13H2,(H,22,23)/t17-/m1/s1. The van der Waals surface area contributed by atoms with Gasteiger partial charge in [0.1, 0.15) is 13.2 Å². The number of ether oxygens (including phenoxy) is 3. The number of fused-ring (bicyclic) bond motifs is 1. The largest absolute Gasteiger partial charge is 0.486 e. The molecule has 3 aliphatic rings. The first kappa shape index (κ1) is 17.0. The second-order valence-electron chi connectivity index (χ2n) is 7.48. The van der Waals surface area contributed by atoms with E-state index in [1.807, 2.05) is 24.4 Å². The molecule has 1 saturated carbocycles. The SMILES string of the molecule is c1cc2c(cc1-c1[nH]ncc1CNC[C@@H]1CN(C3CC3)CCO1)OCCO2. The van der Waals surface area contributed by atoms with Crippen LogP contribution in [0.1, 0.15) is 18.4 Å². The van der Waals surface area contributed by atoms with Crippen molar-refractivity contribution in [1.29, 1.82) is 0 Å². The summed E-state index contributed by atoms with van der Waals surface area (Å²) in [6.07, 6.45) is 4.86. The Kier molecular flexibility index (Phi) is 4.73. The van der Waals surface area contributed by atoms with Crippen LogP contribution in [0.25, 0.3) is 11.3 Å². The molecular formula is C20H26N4O3. The fourth-order valence-corrected chi connectivity index (χ4v) is 3.90. The molecule has 2 aliphatic heterocycles. The smallest absolute Gasteiger partial charge is 0.162 e. The Morgan fingerprint density at radius 3 is 2.93 bits per heavy atom. The van der Waals surface area contributed by atoms with Gasteiger partial charge >= 0.3 is 0 Å². The van der Waals surface area contributed by atoms with E-state index in [0.29, 0.717) is 13.2 Å². The molecular weight excluding hydrogens is 344 g/mol. The minimum Gasteiger partial charge on any atom is -0.486 e. The number of nitrogens with zero attached hydrogens (tertiary/aromatic N) is 2. The number of hydrogen-bond donors (Lipinski definition) is 2. The van der Waals surface area contributed by atoms with Crippen molar-refractivity contribution in [3.05, 3.63) is 30.0 Å². The van der Waals surface area contributed by atoms with Gasteiger partial charge in [-0.1, -0.05) is 0 Å². The van der Waals surface area contributed by atoms with Crippen LogP contribution in [0.3, 0.4) is 0 Å². The molecule has 3 heterocycles. The Morgan fingerprint density at radius 1 is 1.15 bits per heavy atom. The second-order valence-corrected chi connectivity index (χ2v) is 7.48. The fraction of sp³-hybridized carbons (Fsp3) is 0.550. The van der Waals surface area contributed by atoms with E-state index in [1.54, 1.807) is 0 Å². The lowest BCUT2D eigenvalue weighted by molar-refractivity contribution is -0.0301. The van der Waals surface area contributed by atoms with Gasteiger partial charge in [-0.3, -0.25) is 10.00 Å². The molecule has 1 saturated heterocycles. The highest BCUT2D eigenvalue weighted by Gasteiger charge is 2.32. The third kappa shape index (κ3) is 3.81. The van der Waals surface area contributed by atoms with Crippen LogP contribution in [0.5, 0.6) is 11.5 Å². The van der Waals surface area contributed by atoms with Crippen LogP contribution in [0.4, 0.5) is 0 Å². The maximum atomic E-state index is 5.92. The predicted octanol–water partition coefficient (Wildman–Crippen LogP) is 1.80. The Labute approximate surface area is 159 Å². The maximum Gasteiger partial charge on any atom is 0.162 e. The lowest BCUT2D eigenvalue weighted by atomic mass is 10.1. The van der Waals surface area contributed by atoms with E-state index in [2.05, 4.69) is 20.4 Å². The summed E-state index contributed by atoms with van der Waals surface area (Å²) < 4.78 is 17.2. The molecule has 2 fully saturated rings. The van der Waals surface area contributed by atoms with Gasteiger partial charge in [0.2, 0.25) is 0 Å². The molecule has 7 heteroatoms. The van der Waals surface area contributed by atoms with E-state index in [-0.39, 0.29) is 6.10 Å². The van der Waals surface area contributed by atoms with Crippen molar-refractivity contribution in [3.8, 4) is 22.8 Å². The summed E-state index contributed by atoms with van der Waals surface area (Å²) in [5.74, 6) is 1.60. The summed E-state index contributed by atoms with van der Waals surface area (Å²) >= 11 is 0. The number of hydrogen-bond acceptors (Lipinski definition) is 6. The van der Waals surface area contributed by atoms with Crippen LogP contribution in [-0.4, -0.2) is 66.7 Å². The number of nitrogens with one attached hydrogen (secondary N) is 2. The minimum atomic E-state index is 0.268. The summed E-state index contributed by atoms with van der Waals surface area (Å²) in [4.78, 5) is 2.58.